The number of anilines is 18. The van der Waals surface area contributed by atoms with Gasteiger partial charge in [0.25, 0.3) is 0 Å². The number of fused-ring (bicyclic) bond motifs is 24. The van der Waals surface area contributed by atoms with E-state index in [4.69, 9.17) is 0 Å². The first kappa shape index (κ1) is 46.0. The minimum absolute atomic E-state index is 0.354. The molecule has 0 fully saturated rings. The van der Waals surface area contributed by atoms with Crippen LogP contribution in [-0.2, 0) is 56.9 Å². The molecule has 6 aliphatic rings. The van der Waals surface area contributed by atoms with Gasteiger partial charge in [-0.1, -0.05) is 0 Å². The van der Waals surface area contributed by atoms with Gasteiger partial charge in [0, 0.05) is 0 Å². The maximum absolute atomic E-state index is 9.38. The van der Waals surface area contributed by atoms with Gasteiger partial charge in [0.05, 0.1) is 0 Å². The molecule has 0 atom stereocenters. The Hall–Kier alpha value is -8.16. The van der Waals surface area contributed by atoms with E-state index in [-0.39, 0.29) is 21.7 Å². The first-order chi connectivity index (χ1) is 47.6. The topological polar surface area (TPSA) is 32.4 Å². The normalized spacial score (nSPS) is 18.8. The Morgan fingerprint density at radius 1 is 0.267 bits per heavy atom. The van der Waals surface area contributed by atoms with E-state index in [1.807, 2.05) is 199 Å². The van der Waals surface area contributed by atoms with Gasteiger partial charge in [-0.25, -0.2) is 0 Å². The fourth-order valence-corrected chi connectivity index (χ4v) is 18.5. The summed E-state index contributed by atoms with van der Waals surface area (Å²) < 4.78 is 114. The molecule has 6 aliphatic heterocycles. The van der Waals surface area contributed by atoms with Crippen molar-refractivity contribution in [1.82, 2.24) is 0 Å². The fraction of sp³-hybridized carbons (Fsp3) is 0.256. The zero-order chi connectivity index (χ0) is 72.8. The molecule has 0 aliphatic carbocycles. The average Bonchev–Trinajstić information content (AvgIpc) is 1.59. The zero-order valence-electron chi connectivity index (χ0n) is 64.3. The summed E-state index contributed by atoms with van der Waals surface area (Å²) >= 11 is -3.55. The molecule has 0 aromatic heterocycles. The average molecular weight is 1560 g/mol. The van der Waals surface area contributed by atoms with E-state index < -0.39 is 63.2 Å². The predicted molar refractivity (Wildman–Crippen MR) is 374 cm³/mol. The molecule has 15 rings (SSSR count). The Labute approximate surface area is 565 Å². The number of benzene rings is 9. The van der Waals surface area contributed by atoms with Crippen molar-refractivity contribution in [2.75, 3.05) is 76.9 Å². The van der Waals surface area contributed by atoms with Crippen LogP contribution in [0.25, 0.3) is 0 Å². The molecule has 0 unspecified atom stereocenters. The van der Waals surface area contributed by atoms with Crippen LogP contribution in [0.4, 0.5) is 102 Å². The van der Waals surface area contributed by atoms with Crippen LogP contribution in [0.15, 0.2) is 170 Å². The van der Waals surface area contributed by atoms with Crippen LogP contribution in [0.2, 0.25) is 0 Å². The SMILES string of the molecule is [2H]C([2H])([2H])N1[C]2=[Pt]=[C]3N(c4[c-]c(ccc4)N(c4ccc(N5c6[c-]c(ccc6)N6[C](=[Pt]=[C]7N(c8[c-]c5ccc8)c5ccc(C(C)(C)C)cc5N7C([2H])([2H])[2H])N(C([2H])([2H])[2H])c5cc(C(C)(C)C)ccc56)cc4)c4[c-]c(ccc4)N2c2ccc(C(C)(C)C)cc21)c1ccc(C(C)(C)C)cc1N3C([2H])([2H])[2H]. The third-order valence-electron chi connectivity index (χ3n) is 17.3. The first-order valence-electron chi connectivity index (χ1n) is 36.1. The van der Waals surface area contributed by atoms with E-state index in [0.29, 0.717) is 119 Å². The summed E-state index contributed by atoms with van der Waals surface area (Å²) in [6.07, 6.45) is 0. The van der Waals surface area contributed by atoms with Crippen LogP contribution in [0.1, 0.15) is 122 Å². The Bertz CT molecular complexity index is 4510. The van der Waals surface area contributed by atoms with Crippen molar-refractivity contribution < 1.29 is 51.7 Å². The van der Waals surface area contributed by atoms with Crippen molar-refractivity contribution in [3.8, 4) is 0 Å². The van der Waals surface area contributed by atoms with E-state index >= 15 is 0 Å². The number of hydrogen-bond acceptors (Lipinski definition) is 10. The van der Waals surface area contributed by atoms with Crippen LogP contribution in [0.5, 0.6) is 0 Å². The van der Waals surface area contributed by atoms with Crippen molar-refractivity contribution in [3.63, 3.8) is 0 Å². The second kappa shape index (κ2) is 20.7. The standard InChI is InChI=1S/C78H76N10.2Pt/c1-75(2,3)53-29-37-67-71(41-53)79(13)49-83(67)59-21-17-25-63(45-59)87(64-26-18-22-60(46-64)84-50-80(14)72-42-54(76(4,5)6)30-38-68(72)84)57-33-35-58(36-34-57)88(65-27-19-23-61(47-65)85-51-81(15)73-43-55(77(7,8)9)31-39-69(73)85)66-28-20-24-62(48-66)86-52-82(16)74-44-56(78(10,11)12)32-40-70(74)86;;/h17-44H,1-16H3;;/q-4;;/i13D3,14D3,15D3,16D3;;. The molecule has 0 amide bonds. The van der Waals surface area contributed by atoms with Crippen molar-refractivity contribution in [3.05, 3.63) is 216 Å². The second-order valence-electron chi connectivity index (χ2n) is 27.5. The third kappa shape index (κ3) is 9.39. The van der Waals surface area contributed by atoms with Crippen molar-refractivity contribution in [1.29, 1.82) is 0 Å². The summed E-state index contributed by atoms with van der Waals surface area (Å²) in [7, 11) is 0. The quantitative estimate of drug-likeness (QED) is 0.156. The van der Waals surface area contributed by atoms with Gasteiger partial charge >= 0.3 is 569 Å². The fourth-order valence-electron chi connectivity index (χ4n) is 12.3. The molecule has 9 aromatic carbocycles. The molecule has 9 aromatic rings. The number of nitrogens with zero attached hydrogens (tertiary/aromatic N) is 10. The summed E-state index contributed by atoms with van der Waals surface area (Å²) in [5, 5.41) is 0. The van der Waals surface area contributed by atoms with Gasteiger partial charge in [0.15, 0.2) is 0 Å². The van der Waals surface area contributed by atoms with Gasteiger partial charge < -0.3 is 0 Å². The van der Waals surface area contributed by atoms with Crippen LogP contribution >= 0.6 is 0 Å². The maximum atomic E-state index is 9.38. The van der Waals surface area contributed by atoms with Crippen LogP contribution in [0.3, 0.4) is 0 Å². The molecular weight excluding hydrogens is 1470 g/mol. The molecule has 10 nitrogen and oxygen atoms in total. The van der Waals surface area contributed by atoms with Gasteiger partial charge in [-0.15, -0.1) is 0 Å². The molecule has 8 bridgehead atoms. The van der Waals surface area contributed by atoms with Crippen molar-refractivity contribution in [2.45, 2.75) is 105 Å². The van der Waals surface area contributed by atoms with Crippen molar-refractivity contribution in [2.24, 2.45) is 0 Å². The Morgan fingerprint density at radius 3 is 0.678 bits per heavy atom. The van der Waals surface area contributed by atoms with E-state index in [2.05, 4.69) is 107 Å². The van der Waals surface area contributed by atoms with Gasteiger partial charge in [0.1, 0.15) is 0 Å². The molecule has 0 saturated carbocycles. The summed E-state index contributed by atoms with van der Waals surface area (Å²) in [5.41, 5.74) is 12.6. The molecule has 0 spiro atoms. The van der Waals surface area contributed by atoms with E-state index in [0.717, 1.165) is 22.3 Å². The molecule has 0 N–H and O–H groups in total. The number of hydrogen-bond donors (Lipinski definition) is 0. The van der Waals surface area contributed by atoms with Crippen LogP contribution < -0.4 is 49.0 Å². The number of rotatable bonds is 2. The summed E-state index contributed by atoms with van der Waals surface area (Å²) in [6.45, 7) is 14.2. The Morgan fingerprint density at radius 2 is 0.478 bits per heavy atom. The van der Waals surface area contributed by atoms with Gasteiger partial charge in [-0.05, 0) is 0 Å². The molecule has 462 valence electrons. The molecular formula is C78H76N10Pt2-4. The second-order valence-corrected chi connectivity index (χ2v) is 32.7. The summed E-state index contributed by atoms with van der Waals surface area (Å²) in [5.74, 6) is 0. The van der Waals surface area contributed by atoms with E-state index in [1.165, 1.54) is 19.6 Å². The molecule has 6 heterocycles. The Kier molecular flexibility index (Phi) is 10.6. The monoisotopic (exact) mass is 1550 g/mol. The zero-order valence-corrected chi connectivity index (χ0v) is 56.8. The van der Waals surface area contributed by atoms with E-state index in [9.17, 15) is 16.4 Å². The minimum atomic E-state index is -2.72. The predicted octanol–water partition coefficient (Wildman–Crippen LogP) is 17.9. The third-order valence-corrected chi connectivity index (χ3v) is 23.4. The molecule has 90 heavy (non-hydrogen) atoms. The summed E-state index contributed by atoms with van der Waals surface area (Å²) in [6, 6.07) is 70.2. The molecule has 12 heteroatoms. The van der Waals surface area contributed by atoms with E-state index in [1.54, 1.807) is 0 Å². The van der Waals surface area contributed by atoms with Crippen LogP contribution in [0, 0.1) is 24.3 Å². The molecule has 0 saturated heterocycles. The summed E-state index contributed by atoms with van der Waals surface area (Å²) in [4.78, 5) is 17.7. The van der Waals surface area contributed by atoms with Gasteiger partial charge in [-0.3, -0.25) is 0 Å². The van der Waals surface area contributed by atoms with Gasteiger partial charge in [-0.2, -0.15) is 0 Å². The van der Waals surface area contributed by atoms with Crippen molar-refractivity contribution >= 4 is 119 Å². The first-order valence-corrected chi connectivity index (χ1v) is 34.6. The van der Waals surface area contributed by atoms with Gasteiger partial charge in [0.2, 0.25) is 0 Å². The Balaban J connectivity index is 0.950. The molecule has 0 radical (unpaired) electrons. The van der Waals surface area contributed by atoms with Crippen LogP contribution in [-0.4, -0.2) is 44.5 Å².